The molecule has 2 aromatic heterocycles. The molecule has 0 atom stereocenters. The second-order valence-corrected chi connectivity index (χ2v) is 4.15. The van der Waals surface area contributed by atoms with Gasteiger partial charge in [0.2, 0.25) is 0 Å². The largest absolute Gasteiger partial charge is 0.476 e. The first-order valence-electron chi connectivity index (χ1n) is 4.35. The topological polar surface area (TPSA) is 66.0 Å². The molecule has 3 aromatic rings. The SMILES string of the molecule is O=C(O)c1n[nH]c2c1ccc1sccc12. The number of carboxylic acid groups (broad SMARTS) is 1. The zero-order valence-electron chi connectivity index (χ0n) is 7.52. The number of thiophene rings is 1. The second-order valence-electron chi connectivity index (χ2n) is 3.20. The van der Waals surface area contributed by atoms with Gasteiger partial charge in [-0.25, -0.2) is 4.79 Å². The number of carbonyl (C=O) groups is 1. The number of hydrogen-bond acceptors (Lipinski definition) is 3. The number of nitrogens with zero attached hydrogens (tertiary/aromatic N) is 1. The molecule has 0 saturated heterocycles. The van der Waals surface area contributed by atoms with Gasteiger partial charge in [-0.3, -0.25) is 5.10 Å². The fraction of sp³-hybridized carbons (Fsp3) is 0. The van der Waals surface area contributed by atoms with Gasteiger partial charge in [-0.05, 0) is 23.6 Å². The number of hydrogen-bond donors (Lipinski definition) is 2. The Kier molecular flexibility index (Phi) is 1.58. The molecular weight excluding hydrogens is 212 g/mol. The van der Waals surface area contributed by atoms with Crippen LogP contribution in [0.25, 0.3) is 21.0 Å². The summed E-state index contributed by atoms with van der Waals surface area (Å²) in [6, 6.07) is 5.68. The van der Waals surface area contributed by atoms with E-state index in [2.05, 4.69) is 10.2 Å². The Hall–Kier alpha value is -1.88. The molecule has 0 fully saturated rings. The highest BCUT2D eigenvalue weighted by atomic mass is 32.1. The lowest BCUT2D eigenvalue weighted by Crippen LogP contribution is -1.96. The highest BCUT2D eigenvalue weighted by molar-refractivity contribution is 7.17. The third-order valence-electron chi connectivity index (χ3n) is 2.37. The van der Waals surface area contributed by atoms with E-state index < -0.39 is 5.97 Å². The molecule has 1 aromatic carbocycles. The van der Waals surface area contributed by atoms with Crippen LogP contribution in [0.1, 0.15) is 10.5 Å². The summed E-state index contributed by atoms with van der Waals surface area (Å²) in [6.45, 7) is 0. The quantitative estimate of drug-likeness (QED) is 0.659. The number of aromatic nitrogens is 2. The molecule has 74 valence electrons. The maximum absolute atomic E-state index is 10.9. The van der Waals surface area contributed by atoms with Crippen LogP contribution in [0, 0.1) is 0 Å². The van der Waals surface area contributed by atoms with Crippen LogP contribution >= 0.6 is 11.3 Å². The lowest BCUT2D eigenvalue weighted by atomic mass is 10.1. The Morgan fingerprint density at radius 1 is 1.33 bits per heavy atom. The molecule has 0 amide bonds. The molecule has 0 aliphatic carbocycles. The fourth-order valence-corrected chi connectivity index (χ4v) is 2.49. The molecular formula is C10H6N2O2S. The van der Waals surface area contributed by atoms with Crippen molar-refractivity contribution in [2.45, 2.75) is 0 Å². The van der Waals surface area contributed by atoms with Gasteiger partial charge in [0.15, 0.2) is 5.69 Å². The van der Waals surface area contributed by atoms with Crippen molar-refractivity contribution < 1.29 is 9.90 Å². The molecule has 0 saturated carbocycles. The molecule has 0 unspecified atom stereocenters. The third kappa shape index (κ3) is 1.07. The Morgan fingerprint density at radius 3 is 3.00 bits per heavy atom. The molecule has 4 nitrogen and oxygen atoms in total. The van der Waals surface area contributed by atoms with Gasteiger partial charge in [0.1, 0.15) is 0 Å². The number of nitrogens with one attached hydrogen (secondary N) is 1. The molecule has 0 aliphatic heterocycles. The van der Waals surface area contributed by atoms with E-state index in [1.165, 1.54) is 0 Å². The Balaban J connectivity index is 2.51. The molecule has 15 heavy (non-hydrogen) atoms. The van der Waals surface area contributed by atoms with Gasteiger partial charge < -0.3 is 5.11 Å². The fourth-order valence-electron chi connectivity index (χ4n) is 1.70. The normalized spacial score (nSPS) is 11.2. The summed E-state index contributed by atoms with van der Waals surface area (Å²) in [5.41, 5.74) is 0.879. The minimum absolute atomic E-state index is 0.0816. The van der Waals surface area contributed by atoms with Crippen LogP contribution in [0.15, 0.2) is 23.6 Å². The number of carboxylic acids is 1. The van der Waals surface area contributed by atoms with Crippen molar-refractivity contribution in [1.82, 2.24) is 10.2 Å². The molecule has 0 bridgehead atoms. The summed E-state index contributed by atoms with van der Waals surface area (Å²) in [5, 5.41) is 19.2. The van der Waals surface area contributed by atoms with Gasteiger partial charge in [0, 0.05) is 15.5 Å². The highest BCUT2D eigenvalue weighted by Gasteiger charge is 2.14. The second kappa shape index (κ2) is 2.80. The van der Waals surface area contributed by atoms with Crippen molar-refractivity contribution in [2.24, 2.45) is 0 Å². The smallest absolute Gasteiger partial charge is 0.357 e. The van der Waals surface area contributed by atoms with Gasteiger partial charge in [-0.15, -0.1) is 11.3 Å². The van der Waals surface area contributed by atoms with Crippen molar-refractivity contribution in [3.05, 3.63) is 29.3 Å². The number of aromatic amines is 1. The summed E-state index contributed by atoms with van der Waals surface area (Å²) in [5.74, 6) is -1.00. The number of H-pyrrole nitrogens is 1. The number of benzene rings is 1. The maximum Gasteiger partial charge on any atom is 0.357 e. The zero-order chi connectivity index (χ0) is 10.4. The number of rotatable bonds is 1. The molecule has 5 heteroatoms. The summed E-state index contributed by atoms with van der Waals surface area (Å²) in [6.07, 6.45) is 0. The van der Waals surface area contributed by atoms with Crippen LogP contribution in [0.5, 0.6) is 0 Å². The van der Waals surface area contributed by atoms with E-state index in [0.717, 1.165) is 15.6 Å². The minimum atomic E-state index is -1.00. The summed E-state index contributed by atoms with van der Waals surface area (Å²) < 4.78 is 1.13. The summed E-state index contributed by atoms with van der Waals surface area (Å²) in [7, 11) is 0. The van der Waals surface area contributed by atoms with Gasteiger partial charge in [0.05, 0.1) is 5.52 Å². The van der Waals surface area contributed by atoms with Crippen molar-refractivity contribution in [1.29, 1.82) is 0 Å². The van der Waals surface area contributed by atoms with E-state index in [4.69, 9.17) is 5.11 Å². The van der Waals surface area contributed by atoms with E-state index in [0.29, 0.717) is 5.39 Å². The molecule has 2 heterocycles. The van der Waals surface area contributed by atoms with Gasteiger partial charge >= 0.3 is 5.97 Å². The molecule has 0 radical (unpaired) electrons. The predicted molar refractivity (Wildman–Crippen MR) is 58.4 cm³/mol. The van der Waals surface area contributed by atoms with Crippen molar-refractivity contribution in [3.8, 4) is 0 Å². The van der Waals surface area contributed by atoms with Gasteiger partial charge in [0.25, 0.3) is 0 Å². The van der Waals surface area contributed by atoms with Crippen LogP contribution in [0.3, 0.4) is 0 Å². The van der Waals surface area contributed by atoms with Crippen LogP contribution < -0.4 is 0 Å². The van der Waals surface area contributed by atoms with Crippen molar-refractivity contribution in [3.63, 3.8) is 0 Å². The summed E-state index contributed by atoms with van der Waals surface area (Å²) >= 11 is 1.62. The first-order chi connectivity index (χ1) is 7.27. The zero-order valence-corrected chi connectivity index (χ0v) is 8.34. The van der Waals surface area contributed by atoms with Crippen molar-refractivity contribution >= 4 is 38.3 Å². The Labute approximate surface area is 88.2 Å². The first kappa shape index (κ1) is 8.43. The minimum Gasteiger partial charge on any atom is -0.476 e. The Bertz CT molecular complexity index is 668. The van der Waals surface area contributed by atoms with Gasteiger partial charge in [-0.2, -0.15) is 5.10 Å². The molecule has 0 spiro atoms. The highest BCUT2D eigenvalue weighted by Crippen LogP contribution is 2.29. The Morgan fingerprint density at radius 2 is 2.20 bits per heavy atom. The lowest BCUT2D eigenvalue weighted by molar-refractivity contribution is 0.0692. The average molecular weight is 218 g/mol. The third-order valence-corrected chi connectivity index (χ3v) is 3.25. The first-order valence-corrected chi connectivity index (χ1v) is 5.23. The monoisotopic (exact) mass is 218 g/mol. The average Bonchev–Trinajstić information content (AvgIpc) is 2.82. The van der Waals surface area contributed by atoms with Crippen molar-refractivity contribution in [2.75, 3.05) is 0 Å². The van der Waals surface area contributed by atoms with Crippen LogP contribution in [-0.2, 0) is 0 Å². The number of fused-ring (bicyclic) bond motifs is 3. The van der Waals surface area contributed by atoms with E-state index in [-0.39, 0.29) is 5.69 Å². The van der Waals surface area contributed by atoms with E-state index in [1.54, 1.807) is 17.4 Å². The van der Waals surface area contributed by atoms with Gasteiger partial charge in [-0.1, -0.05) is 0 Å². The molecule has 3 rings (SSSR count). The lowest BCUT2D eigenvalue weighted by Gasteiger charge is -1.92. The number of aromatic carboxylic acids is 1. The van der Waals surface area contributed by atoms with E-state index >= 15 is 0 Å². The van der Waals surface area contributed by atoms with Crippen LogP contribution in [0.2, 0.25) is 0 Å². The maximum atomic E-state index is 10.9. The molecule has 2 N–H and O–H groups in total. The van der Waals surface area contributed by atoms with Crippen LogP contribution in [-0.4, -0.2) is 21.3 Å². The predicted octanol–water partition coefficient (Wildman–Crippen LogP) is 2.48. The summed E-state index contributed by atoms with van der Waals surface area (Å²) in [4.78, 5) is 10.9. The van der Waals surface area contributed by atoms with E-state index in [9.17, 15) is 4.79 Å². The standard InChI is InChI=1S/C10H6N2O2S/c13-10(14)9-6-1-2-7-5(3-4-15-7)8(6)11-12-9/h1-4H,(H,11,12)(H,13,14). The van der Waals surface area contributed by atoms with E-state index in [1.807, 2.05) is 17.5 Å². The molecule has 0 aliphatic rings. The van der Waals surface area contributed by atoms with Crippen LogP contribution in [0.4, 0.5) is 0 Å².